The van der Waals surface area contributed by atoms with Crippen molar-refractivity contribution in [2.45, 2.75) is 19.4 Å². The Morgan fingerprint density at radius 2 is 1.76 bits per heavy atom. The fourth-order valence-corrected chi connectivity index (χ4v) is 2.31. The summed E-state index contributed by atoms with van der Waals surface area (Å²) >= 11 is 0. The SMILES string of the molecule is CC(C)(Oc1cc(-c2ccc(F)cc2)n(-c2ccccc2)n1)C(=O)O. The molecule has 0 aliphatic heterocycles. The highest BCUT2D eigenvalue weighted by atomic mass is 19.1. The van der Waals surface area contributed by atoms with Crippen molar-refractivity contribution in [3.63, 3.8) is 0 Å². The number of aliphatic carboxylic acids is 1. The van der Waals surface area contributed by atoms with Crippen LogP contribution < -0.4 is 4.74 Å². The number of nitrogens with zero attached hydrogens (tertiary/aromatic N) is 2. The minimum Gasteiger partial charge on any atom is -0.478 e. The van der Waals surface area contributed by atoms with Crippen molar-refractivity contribution in [2.75, 3.05) is 0 Å². The standard InChI is InChI=1S/C19H17FN2O3/c1-19(2,18(23)24)25-17-12-16(13-8-10-14(20)11-9-13)22(21-17)15-6-4-3-5-7-15/h3-12H,1-2H3,(H,23,24). The minimum atomic E-state index is -1.42. The van der Waals surface area contributed by atoms with E-state index < -0.39 is 11.6 Å². The van der Waals surface area contributed by atoms with Gasteiger partial charge in [-0.1, -0.05) is 18.2 Å². The van der Waals surface area contributed by atoms with Crippen molar-refractivity contribution < 1.29 is 19.0 Å². The number of para-hydroxylation sites is 1. The van der Waals surface area contributed by atoms with E-state index in [0.717, 1.165) is 11.3 Å². The molecule has 3 rings (SSSR count). The molecule has 0 atom stereocenters. The summed E-state index contributed by atoms with van der Waals surface area (Å²) in [6.07, 6.45) is 0. The van der Waals surface area contributed by atoms with Gasteiger partial charge in [0, 0.05) is 11.6 Å². The maximum Gasteiger partial charge on any atom is 0.347 e. The molecular formula is C19H17FN2O3. The number of carbonyl (C=O) groups is 1. The van der Waals surface area contributed by atoms with E-state index in [-0.39, 0.29) is 11.7 Å². The summed E-state index contributed by atoms with van der Waals surface area (Å²) in [5.41, 5.74) is 0.767. The molecule has 128 valence electrons. The number of hydrogen-bond donors (Lipinski definition) is 1. The van der Waals surface area contributed by atoms with E-state index in [1.165, 1.54) is 26.0 Å². The Balaban J connectivity index is 2.09. The predicted molar refractivity (Wildman–Crippen MR) is 91.3 cm³/mol. The van der Waals surface area contributed by atoms with Crippen LogP contribution in [0.5, 0.6) is 5.88 Å². The molecule has 0 spiro atoms. The molecule has 6 heteroatoms. The number of aromatic nitrogens is 2. The number of rotatable bonds is 5. The molecule has 0 unspecified atom stereocenters. The second-order valence-electron chi connectivity index (χ2n) is 6.04. The van der Waals surface area contributed by atoms with Gasteiger partial charge in [-0.05, 0) is 50.2 Å². The molecule has 2 aromatic carbocycles. The second-order valence-corrected chi connectivity index (χ2v) is 6.04. The first kappa shape index (κ1) is 16.7. The van der Waals surface area contributed by atoms with Crippen LogP contribution in [0.25, 0.3) is 16.9 Å². The zero-order chi connectivity index (χ0) is 18.0. The predicted octanol–water partition coefficient (Wildman–Crippen LogP) is 3.92. The molecule has 0 amide bonds. The lowest BCUT2D eigenvalue weighted by atomic mass is 10.1. The van der Waals surface area contributed by atoms with Gasteiger partial charge in [0.1, 0.15) is 5.82 Å². The first-order chi connectivity index (χ1) is 11.9. The van der Waals surface area contributed by atoms with Crippen molar-refractivity contribution in [3.05, 3.63) is 66.5 Å². The van der Waals surface area contributed by atoms with Gasteiger partial charge in [0.2, 0.25) is 11.5 Å². The van der Waals surface area contributed by atoms with Crippen LogP contribution in [-0.4, -0.2) is 26.5 Å². The van der Waals surface area contributed by atoms with Crippen molar-refractivity contribution in [2.24, 2.45) is 0 Å². The molecule has 0 radical (unpaired) electrons. The van der Waals surface area contributed by atoms with Crippen LogP contribution in [0.15, 0.2) is 60.7 Å². The van der Waals surface area contributed by atoms with Crippen molar-refractivity contribution >= 4 is 5.97 Å². The summed E-state index contributed by atoms with van der Waals surface area (Å²) in [6, 6.07) is 17.0. The van der Waals surface area contributed by atoms with Crippen molar-refractivity contribution in [3.8, 4) is 22.8 Å². The highest BCUT2D eigenvalue weighted by molar-refractivity contribution is 5.76. The number of hydrogen-bond acceptors (Lipinski definition) is 3. The lowest BCUT2D eigenvalue weighted by molar-refractivity contribution is -0.152. The van der Waals surface area contributed by atoms with E-state index in [4.69, 9.17) is 4.74 Å². The summed E-state index contributed by atoms with van der Waals surface area (Å²) < 4.78 is 20.4. The Kier molecular flexibility index (Phi) is 4.27. The van der Waals surface area contributed by atoms with Gasteiger partial charge in [0.05, 0.1) is 11.4 Å². The molecule has 1 N–H and O–H groups in total. The maximum absolute atomic E-state index is 13.2. The Bertz CT molecular complexity index is 887. The first-order valence-corrected chi connectivity index (χ1v) is 7.71. The number of ether oxygens (including phenoxy) is 1. The van der Waals surface area contributed by atoms with E-state index in [1.54, 1.807) is 22.9 Å². The molecular weight excluding hydrogens is 323 g/mol. The summed E-state index contributed by atoms with van der Waals surface area (Å²) in [5.74, 6) is -1.25. The molecule has 3 aromatic rings. The van der Waals surface area contributed by atoms with Gasteiger partial charge in [-0.25, -0.2) is 13.9 Å². The molecule has 25 heavy (non-hydrogen) atoms. The van der Waals surface area contributed by atoms with Crippen LogP contribution in [0, 0.1) is 5.82 Å². The average molecular weight is 340 g/mol. The number of carboxylic acids is 1. The Morgan fingerprint density at radius 3 is 2.36 bits per heavy atom. The Labute approximate surface area is 144 Å². The van der Waals surface area contributed by atoms with Crippen LogP contribution in [0.2, 0.25) is 0 Å². The van der Waals surface area contributed by atoms with Gasteiger partial charge in [0.15, 0.2) is 0 Å². The second kappa shape index (κ2) is 6.39. The molecule has 1 heterocycles. The molecule has 0 saturated heterocycles. The third kappa shape index (κ3) is 3.52. The average Bonchev–Trinajstić information content (AvgIpc) is 2.99. The third-order valence-electron chi connectivity index (χ3n) is 3.70. The highest BCUT2D eigenvalue weighted by Gasteiger charge is 2.31. The number of benzene rings is 2. The van der Waals surface area contributed by atoms with Crippen molar-refractivity contribution in [1.82, 2.24) is 9.78 Å². The summed E-state index contributed by atoms with van der Waals surface area (Å²) in [4.78, 5) is 11.3. The number of carboxylic acid groups (broad SMARTS) is 1. The van der Waals surface area contributed by atoms with E-state index in [1.807, 2.05) is 30.3 Å². The van der Waals surface area contributed by atoms with E-state index >= 15 is 0 Å². The largest absolute Gasteiger partial charge is 0.478 e. The topological polar surface area (TPSA) is 64.4 Å². The van der Waals surface area contributed by atoms with Gasteiger partial charge in [-0.3, -0.25) is 0 Å². The normalized spacial score (nSPS) is 11.3. The van der Waals surface area contributed by atoms with Crippen LogP contribution in [-0.2, 0) is 4.79 Å². The molecule has 1 aromatic heterocycles. The van der Waals surface area contributed by atoms with E-state index in [2.05, 4.69) is 5.10 Å². The molecule has 0 aliphatic carbocycles. The van der Waals surface area contributed by atoms with Gasteiger partial charge < -0.3 is 9.84 Å². The van der Waals surface area contributed by atoms with Crippen LogP contribution in [0.1, 0.15) is 13.8 Å². The van der Waals surface area contributed by atoms with Gasteiger partial charge in [0.25, 0.3) is 0 Å². The van der Waals surface area contributed by atoms with Gasteiger partial charge >= 0.3 is 5.97 Å². The minimum absolute atomic E-state index is 0.176. The summed E-state index contributed by atoms with van der Waals surface area (Å²) in [5, 5.41) is 13.6. The lowest BCUT2D eigenvalue weighted by Crippen LogP contribution is -2.38. The summed E-state index contributed by atoms with van der Waals surface area (Å²) in [6.45, 7) is 2.91. The van der Waals surface area contributed by atoms with Crippen LogP contribution >= 0.6 is 0 Å². The van der Waals surface area contributed by atoms with Gasteiger partial charge in [-0.2, -0.15) is 0 Å². The Hall–Kier alpha value is -3.15. The molecule has 0 aliphatic rings. The molecule has 0 saturated carbocycles. The van der Waals surface area contributed by atoms with Gasteiger partial charge in [-0.15, -0.1) is 5.10 Å². The molecule has 5 nitrogen and oxygen atoms in total. The van der Waals surface area contributed by atoms with E-state index in [9.17, 15) is 14.3 Å². The van der Waals surface area contributed by atoms with Crippen LogP contribution in [0.3, 0.4) is 0 Å². The van der Waals surface area contributed by atoms with Crippen LogP contribution in [0.4, 0.5) is 4.39 Å². The molecule has 0 bridgehead atoms. The smallest absolute Gasteiger partial charge is 0.347 e. The lowest BCUT2D eigenvalue weighted by Gasteiger charge is -2.19. The summed E-state index contributed by atoms with van der Waals surface area (Å²) in [7, 11) is 0. The zero-order valence-electron chi connectivity index (χ0n) is 13.8. The number of halogens is 1. The zero-order valence-corrected chi connectivity index (χ0v) is 13.8. The van der Waals surface area contributed by atoms with Crippen molar-refractivity contribution in [1.29, 1.82) is 0 Å². The fraction of sp³-hybridized carbons (Fsp3) is 0.158. The maximum atomic E-state index is 13.2. The Morgan fingerprint density at radius 1 is 1.12 bits per heavy atom. The first-order valence-electron chi connectivity index (χ1n) is 7.71. The fourth-order valence-electron chi connectivity index (χ4n) is 2.31. The third-order valence-corrected chi connectivity index (χ3v) is 3.70. The molecule has 0 fully saturated rings. The van der Waals surface area contributed by atoms with E-state index in [0.29, 0.717) is 5.69 Å². The quantitative estimate of drug-likeness (QED) is 0.764. The highest BCUT2D eigenvalue weighted by Crippen LogP contribution is 2.29. The monoisotopic (exact) mass is 340 g/mol.